The van der Waals surface area contributed by atoms with Crippen LogP contribution in [-0.2, 0) is 10.1 Å². The highest BCUT2D eigenvalue weighted by Gasteiger charge is 2.48. The van der Waals surface area contributed by atoms with Gasteiger partial charge >= 0.3 is 10.1 Å². The summed E-state index contributed by atoms with van der Waals surface area (Å²) in [7, 11) is -5.76. The molecule has 0 aromatic heterocycles. The van der Waals surface area contributed by atoms with Crippen molar-refractivity contribution < 1.29 is 48.1 Å². The smallest absolute Gasteiger partial charge is 0.300 e. The summed E-state index contributed by atoms with van der Waals surface area (Å²) in [5.41, 5.74) is -3.96. The Morgan fingerprint density at radius 1 is 0.650 bits per heavy atom. The van der Waals surface area contributed by atoms with Gasteiger partial charge in [-0.2, -0.15) is 8.42 Å². The molecule has 0 heterocycles. The molecule has 4 N–H and O–H groups in total. The van der Waals surface area contributed by atoms with E-state index < -0.39 is 52.9 Å². The average molecular weight is 341 g/mol. The van der Waals surface area contributed by atoms with Gasteiger partial charge in [0.2, 0.25) is 0 Å². The molecule has 0 bridgehead atoms. The van der Waals surface area contributed by atoms with Crippen LogP contribution in [0.15, 0.2) is 0 Å². The maximum atomic E-state index is 12.8. The molecule has 13 heteroatoms. The van der Waals surface area contributed by atoms with Crippen LogP contribution < -0.4 is 6.15 Å². The Balaban J connectivity index is 0. The number of rotatable bonds is 7. The van der Waals surface area contributed by atoms with Gasteiger partial charge in [-0.15, -0.1) is 0 Å². The van der Waals surface area contributed by atoms with E-state index in [9.17, 15) is 43.5 Å². The first-order valence-electron chi connectivity index (χ1n) is 4.50. The van der Waals surface area contributed by atoms with Crippen molar-refractivity contribution in [2.24, 2.45) is 0 Å². The van der Waals surface area contributed by atoms with Crippen molar-refractivity contribution in [2.75, 3.05) is 0 Å². The molecule has 6 unspecified atom stereocenters. The van der Waals surface area contributed by atoms with Crippen LogP contribution in [0.5, 0.6) is 0 Å². The zero-order valence-corrected chi connectivity index (χ0v) is 10.3. The molecule has 20 heavy (non-hydrogen) atoms. The molecule has 0 spiro atoms. The minimum absolute atomic E-state index is 0. The molecule has 0 aliphatic carbocycles. The topological polar surface area (TPSA) is 89.4 Å². The average Bonchev–Trinajstić information content (AvgIpc) is 2.31. The van der Waals surface area contributed by atoms with E-state index in [1.165, 1.54) is 0 Å². The summed E-state index contributed by atoms with van der Waals surface area (Å²) in [5, 5.41) is 0. The highest BCUT2D eigenvalue weighted by Crippen LogP contribution is 2.27. The molecule has 0 rings (SSSR count). The molecule has 0 aliphatic heterocycles. The normalized spacial score (nSPS) is 21.5. The monoisotopic (exact) mass is 341 g/mol. The minimum Gasteiger partial charge on any atom is -0.344 e. The summed E-state index contributed by atoms with van der Waals surface area (Å²) in [6.07, 6.45) is -23.4. The van der Waals surface area contributed by atoms with Gasteiger partial charge in [0.15, 0.2) is 30.9 Å². The van der Waals surface area contributed by atoms with Gasteiger partial charge in [-0.25, -0.2) is 35.1 Å². The van der Waals surface area contributed by atoms with E-state index in [0.29, 0.717) is 0 Å². The van der Waals surface area contributed by atoms with Crippen LogP contribution >= 0.6 is 0 Å². The maximum Gasteiger partial charge on any atom is 0.300 e. The van der Waals surface area contributed by atoms with E-state index in [-0.39, 0.29) is 6.15 Å². The largest absolute Gasteiger partial charge is 0.344 e. The maximum absolute atomic E-state index is 12.8. The first-order valence-corrected chi connectivity index (χ1v) is 6.00. The molecule has 0 aliphatic rings. The number of hydrogen-bond donors (Lipinski definition) is 2. The van der Waals surface area contributed by atoms with E-state index in [2.05, 4.69) is 0 Å². The van der Waals surface area contributed by atoms with Crippen molar-refractivity contribution in [3.63, 3.8) is 0 Å². The SMILES string of the molecule is N.O=S(=O)(O)C(F)C(F)C(F)C(F)C(F)C(F)C(F)F. The molecule has 6 atom stereocenters. The minimum atomic E-state index is -5.76. The lowest BCUT2D eigenvalue weighted by Gasteiger charge is -2.22. The van der Waals surface area contributed by atoms with Crippen LogP contribution in [0, 0.1) is 0 Å². The summed E-state index contributed by atoms with van der Waals surface area (Å²) < 4.78 is 127. The van der Waals surface area contributed by atoms with Crippen molar-refractivity contribution >= 4 is 10.1 Å². The standard InChI is InChI=1S/C7H8F8O3S.H3N/c8-1(2(9)4(11)6(13)14)3(10)5(12)7(15)19(16,17)18;/h1-7H,(H,16,17,18);1H3. The Bertz CT molecular complexity index is 382. The fourth-order valence-electron chi connectivity index (χ4n) is 0.975. The van der Waals surface area contributed by atoms with Crippen LogP contribution in [0.3, 0.4) is 0 Å². The summed E-state index contributed by atoms with van der Waals surface area (Å²) in [6.45, 7) is 0. The number of hydrogen-bond acceptors (Lipinski definition) is 3. The molecule has 0 saturated heterocycles. The van der Waals surface area contributed by atoms with E-state index in [1.807, 2.05) is 0 Å². The Morgan fingerprint density at radius 2 is 0.950 bits per heavy atom. The van der Waals surface area contributed by atoms with Gasteiger partial charge in [-0.1, -0.05) is 0 Å². The fourth-order valence-corrected chi connectivity index (χ4v) is 1.45. The molecule has 0 aromatic rings. The molecule has 0 radical (unpaired) electrons. The van der Waals surface area contributed by atoms with Crippen LogP contribution in [0.25, 0.3) is 0 Å². The predicted octanol–water partition coefficient (Wildman–Crippen LogP) is 2.29. The Hall–Kier alpha value is -0.690. The third-order valence-corrected chi connectivity index (χ3v) is 2.82. The second-order valence-corrected chi connectivity index (χ2v) is 4.90. The van der Waals surface area contributed by atoms with Crippen molar-refractivity contribution in [1.82, 2.24) is 6.15 Å². The van der Waals surface area contributed by atoms with Crippen LogP contribution in [0.4, 0.5) is 35.1 Å². The molecular formula is C7H11F8NO3S. The molecule has 124 valence electrons. The van der Waals surface area contributed by atoms with Crippen molar-refractivity contribution in [3.05, 3.63) is 0 Å². The molecular weight excluding hydrogens is 330 g/mol. The van der Waals surface area contributed by atoms with Crippen LogP contribution in [0.1, 0.15) is 0 Å². The molecule has 0 amide bonds. The zero-order chi connectivity index (χ0) is 15.5. The van der Waals surface area contributed by atoms with E-state index in [4.69, 9.17) is 4.55 Å². The summed E-state index contributed by atoms with van der Waals surface area (Å²) >= 11 is 0. The lowest BCUT2D eigenvalue weighted by atomic mass is 10.0. The summed E-state index contributed by atoms with van der Waals surface area (Å²) in [4.78, 5) is 0. The van der Waals surface area contributed by atoms with Crippen molar-refractivity contribution in [1.29, 1.82) is 0 Å². The first kappa shape index (κ1) is 21.6. The Kier molecular flexibility index (Phi) is 8.56. The van der Waals surface area contributed by atoms with Gasteiger partial charge in [0, 0.05) is 0 Å². The van der Waals surface area contributed by atoms with Gasteiger partial charge < -0.3 is 6.15 Å². The predicted molar refractivity (Wildman–Crippen MR) is 52.0 cm³/mol. The highest BCUT2D eigenvalue weighted by molar-refractivity contribution is 7.86. The molecule has 0 aromatic carbocycles. The van der Waals surface area contributed by atoms with Crippen molar-refractivity contribution in [3.8, 4) is 0 Å². The first-order chi connectivity index (χ1) is 8.41. The quantitative estimate of drug-likeness (QED) is 0.549. The van der Waals surface area contributed by atoms with Crippen LogP contribution in [0.2, 0.25) is 0 Å². The Morgan fingerprint density at radius 3 is 1.25 bits per heavy atom. The van der Waals surface area contributed by atoms with E-state index in [1.54, 1.807) is 0 Å². The van der Waals surface area contributed by atoms with Gasteiger partial charge in [-0.05, 0) is 0 Å². The van der Waals surface area contributed by atoms with Crippen molar-refractivity contribution in [2.45, 2.75) is 42.8 Å². The number of halogens is 8. The summed E-state index contributed by atoms with van der Waals surface area (Å²) in [5.74, 6) is 0. The summed E-state index contributed by atoms with van der Waals surface area (Å²) in [6, 6.07) is 0. The Labute approximate surface area is 108 Å². The van der Waals surface area contributed by atoms with Gasteiger partial charge in [0.05, 0.1) is 0 Å². The number of alkyl halides is 8. The highest BCUT2D eigenvalue weighted by atomic mass is 32.2. The van der Waals surface area contributed by atoms with Gasteiger partial charge in [0.25, 0.3) is 11.9 Å². The molecule has 0 saturated carbocycles. The lowest BCUT2D eigenvalue weighted by Crippen LogP contribution is -2.46. The third-order valence-electron chi connectivity index (χ3n) is 1.99. The zero-order valence-electron chi connectivity index (χ0n) is 9.44. The van der Waals surface area contributed by atoms with Gasteiger partial charge in [-0.3, -0.25) is 4.55 Å². The van der Waals surface area contributed by atoms with Gasteiger partial charge in [0.1, 0.15) is 0 Å². The molecule has 4 nitrogen and oxygen atoms in total. The second-order valence-electron chi connectivity index (χ2n) is 3.42. The lowest BCUT2D eigenvalue weighted by molar-refractivity contribution is -0.0550. The third kappa shape index (κ3) is 5.36. The van der Waals surface area contributed by atoms with Crippen LogP contribution in [-0.4, -0.2) is 55.8 Å². The fraction of sp³-hybridized carbons (Fsp3) is 1.00. The van der Waals surface area contributed by atoms with E-state index >= 15 is 0 Å². The van der Waals surface area contributed by atoms with E-state index in [0.717, 1.165) is 0 Å². The molecule has 0 fully saturated rings. The second kappa shape index (κ2) is 7.93.